The van der Waals surface area contributed by atoms with Crippen LogP contribution in [-0.2, 0) is 26.9 Å². The maximum absolute atomic E-state index is 10.3. The Hall–Kier alpha value is 2.96. The van der Waals surface area contributed by atoms with Gasteiger partial charge in [0.25, 0.3) is 7.82 Å². The fourth-order valence-corrected chi connectivity index (χ4v) is 5.43. The van der Waals surface area contributed by atoms with Crippen LogP contribution in [-0.4, -0.2) is 95.7 Å². The molecule has 0 heterocycles. The molecule has 0 spiro atoms. The topological polar surface area (TPSA) is 260 Å². The van der Waals surface area contributed by atoms with Crippen molar-refractivity contribution in [3.8, 4) is 0 Å². The minimum absolute atomic E-state index is 0. The predicted molar refractivity (Wildman–Crippen MR) is 127 cm³/mol. The van der Waals surface area contributed by atoms with Crippen molar-refractivity contribution < 1.29 is 100 Å². The summed E-state index contributed by atoms with van der Waals surface area (Å²) in [5.74, 6) is 0. The molecule has 2 atom stereocenters. The zero-order valence-corrected chi connectivity index (χ0v) is 31.4. The van der Waals surface area contributed by atoms with E-state index in [0.717, 1.165) is 0 Å². The molecule has 2 unspecified atom stereocenters. The summed E-state index contributed by atoms with van der Waals surface area (Å²) in [6.07, 6.45) is 11.1. The molecule has 0 bridgehead atoms. The molecule has 21 heteroatoms. The van der Waals surface area contributed by atoms with Crippen molar-refractivity contribution in [2.45, 2.75) is 79.1 Å². The van der Waals surface area contributed by atoms with Gasteiger partial charge in [-0.3, -0.25) is 4.57 Å². The number of hydrogen-bond donors (Lipinski definition) is 4. The van der Waals surface area contributed by atoms with E-state index < -0.39 is 31.3 Å². The first-order valence-electron chi connectivity index (χ1n) is 11.1. The van der Waals surface area contributed by atoms with E-state index in [4.69, 9.17) is 38.8 Å². The Balaban J connectivity index is -0.000000152. The molecular formula is C16H40NNaO14P4Sr. The van der Waals surface area contributed by atoms with Crippen molar-refractivity contribution in [1.82, 2.24) is 0 Å². The number of rotatable bonds is 16. The third kappa shape index (κ3) is 43.5. The van der Waals surface area contributed by atoms with Gasteiger partial charge in [0.05, 0.1) is 26.2 Å². The molecule has 4 N–H and O–H groups in total. The molecule has 0 aliphatic carbocycles. The third-order valence-corrected chi connectivity index (χ3v) is 7.69. The average Bonchev–Trinajstić information content (AvgIpc) is 2.62. The normalized spacial score (nSPS) is 14.8. The zero-order valence-electron chi connectivity index (χ0n) is 22.3. The van der Waals surface area contributed by atoms with Crippen LogP contribution < -0.4 is 49.1 Å². The van der Waals surface area contributed by atoms with Crippen LogP contribution in [0.2, 0.25) is 0 Å². The first-order chi connectivity index (χ1) is 15.7. The molecule has 0 aliphatic rings. The molecule has 216 valence electrons. The van der Waals surface area contributed by atoms with E-state index in [1.54, 1.807) is 0 Å². The molecule has 0 radical (unpaired) electrons. The van der Waals surface area contributed by atoms with E-state index in [1.165, 1.54) is 82.0 Å². The van der Waals surface area contributed by atoms with E-state index in [1.807, 2.05) is 0 Å². The van der Waals surface area contributed by atoms with Gasteiger partial charge >= 0.3 is 90.7 Å². The molecule has 37 heavy (non-hydrogen) atoms. The summed E-state index contributed by atoms with van der Waals surface area (Å²) in [4.78, 5) is 67.5. The number of unbranched alkanes of at least 4 members (excludes halogenated alkanes) is 4. The molecule has 0 aromatic rings. The monoisotopic (exact) mass is 705 g/mol. The molecular weight excluding hydrogens is 665 g/mol. The first kappa shape index (κ1) is 49.6. The van der Waals surface area contributed by atoms with Crippen LogP contribution >= 0.6 is 31.3 Å². The average molecular weight is 705 g/mol. The maximum atomic E-state index is 10.3. The minimum atomic E-state index is -5.60. The van der Waals surface area contributed by atoms with E-state index in [9.17, 15) is 18.6 Å². The summed E-state index contributed by atoms with van der Waals surface area (Å²) in [5.41, 5.74) is 0. The van der Waals surface area contributed by atoms with E-state index in [-0.39, 0.29) is 75.0 Å². The predicted octanol–water partition coefficient (Wildman–Crippen LogP) is -2.52. The fourth-order valence-electron chi connectivity index (χ4n) is 2.92. The van der Waals surface area contributed by atoms with Crippen LogP contribution in [0.15, 0.2) is 0 Å². The molecule has 0 fully saturated rings. The van der Waals surface area contributed by atoms with Gasteiger partial charge in [-0.15, -0.1) is 0 Å². The number of quaternary nitrogens is 1. The Morgan fingerprint density at radius 2 is 0.865 bits per heavy atom. The van der Waals surface area contributed by atoms with Gasteiger partial charge in [-0.1, -0.05) is 53.4 Å². The maximum Gasteiger partial charge on any atom is 2.00 e. The van der Waals surface area contributed by atoms with Gasteiger partial charge < -0.3 is 48.2 Å². The van der Waals surface area contributed by atoms with Crippen LogP contribution in [0.5, 0.6) is 0 Å². The van der Waals surface area contributed by atoms with Gasteiger partial charge in [0.1, 0.15) is 0 Å². The van der Waals surface area contributed by atoms with Crippen molar-refractivity contribution in [1.29, 1.82) is 0 Å². The van der Waals surface area contributed by atoms with Crippen molar-refractivity contribution in [2.75, 3.05) is 26.2 Å². The van der Waals surface area contributed by atoms with Crippen LogP contribution in [0.1, 0.15) is 79.1 Å². The third-order valence-electron chi connectivity index (χ3n) is 4.36. The van der Waals surface area contributed by atoms with E-state index >= 15 is 0 Å². The summed E-state index contributed by atoms with van der Waals surface area (Å²) < 4.78 is 46.0. The summed E-state index contributed by atoms with van der Waals surface area (Å²) in [6, 6.07) is 0. The molecule has 0 saturated carbocycles. The van der Waals surface area contributed by atoms with E-state index in [0.29, 0.717) is 0 Å². The fraction of sp³-hybridized carbons (Fsp3) is 1.00. The Bertz CT molecular complexity index is 658. The summed E-state index contributed by atoms with van der Waals surface area (Å²) in [5, 5.41) is 0. The largest absolute Gasteiger partial charge is 2.00 e. The van der Waals surface area contributed by atoms with Gasteiger partial charge in [0.2, 0.25) is 0 Å². The second-order valence-corrected chi connectivity index (χ2v) is 12.7. The number of phosphoric acid groups is 4. The van der Waals surface area contributed by atoms with Gasteiger partial charge in [-0.25, -0.2) is 13.4 Å². The Labute approximate surface area is 279 Å². The second kappa shape index (κ2) is 25.5. The van der Waals surface area contributed by atoms with Gasteiger partial charge in [-0.2, -0.15) is 12.1 Å². The summed E-state index contributed by atoms with van der Waals surface area (Å²) >= 11 is 0. The van der Waals surface area contributed by atoms with Gasteiger partial charge in [0, 0.05) is 0 Å². The molecule has 15 nitrogen and oxygen atoms in total. The molecule has 0 rings (SSSR count). The Morgan fingerprint density at radius 3 is 1.03 bits per heavy atom. The Kier molecular flexibility index (Phi) is 34.1. The zero-order chi connectivity index (χ0) is 28.4. The van der Waals surface area contributed by atoms with Crippen LogP contribution in [0.3, 0.4) is 0 Å². The van der Waals surface area contributed by atoms with Crippen LogP contribution in [0.25, 0.3) is 0 Å². The van der Waals surface area contributed by atoms with Crippen molar-refractivity contribution in [3.63, 3.8) is 0 Å². The summed E-state index contributed by atoms with van der Waals surface area (Å²) in [7, 11) is -21.9. The van der Waals surface area contributed by atoms with Crippen molar-refractivity contribution >= 4 is 76.8 Å². The van der Waals surface area contributed by atoms with Gasteiger partial charge in [0.15, 0.2) is 0 Å². The minimum Gasteiger partial charge on any atom is -0.822 e. The van der Waals surface area contributed by atoms with E-state index in [2.05, 4.69) is 36.3 Å². The molecule has 0 aliphatic heterocycles. The molecule has 0 amide bonds. The summed E-state index contributed by atoms with van der Waals surface area (Å²) in [6.45, 7) is 15.0. The standard InChI is InChI=1S/C16H36N.Na.H5O10P3.H3O4P.Sr/c1-5-9-13-17(14-10-6-2,15-11-7-3)16-12-8-4;;1-11(2,3)9-13(7,8)10-12(4,5)6;1-5(2,3)4;/h5-16H2,1-4H3;;(H,7,8)(H2,1,2,3)(H2,4,5,6);(H3,1,2,3,4);/q2*+1;;;+2/p-4. The number of hydrogen-bond acceptors (Lipinski definition) is 10. The number of nitrogens with zero attached hydrogens (tertiary/aromatic N) is 1. The van der Waals surface area contributed by atoms with Crippen molar-refractivity contribution in [3.05, 3.63) is 0 Å². The molecule has 0 aromatic carbocycles. The van der Waals surface area contributed by atoms with Crippen LogP contribution in [0.4, 0.5) is 0 Å². The Morgan fingerprint density at radius 1 is 0.622 bits per heavy atom. The van der Waals surface area contributed by atoms with Crippen molar-refractivity contribution in [2.24, 2.45) is 0 Å². The van der Waals surface area contributed by atoms with Crippen LogP contribution in [0, 0.1) is 0 Å². The quantitative estimate of drug-likeness (QED) is 0.0734. The molecule has 0 aromatic heterocycles. The molecule has 0 saturated heterocycles. The second-order valence-electron chi connectivity index (χ2n) is 7.69. The SMILES string of the molecule is CCCC[N+](CCCC)(CCCC)CCCC.O=P([O-])(O)OP(=O)(O)OP(=O)(O)O.O=P([O-])([O-])[O-].[Na+].[Sr+2]. The first-order valence-corrected chi connectivity index (χ1v) is 17.1. The smallest absolute Gasteiger partial charge is 0.822 e. The van der Waals surface area contributed by atoms with Gasteiger partial charge in [-0.05, 0) is 25.7 Å².